The predicted octanol–water partition coefficient (Wildman–Crippen LogP) is 6.22. The fourth-order valence-corrected chi connectivity index (χ4v) is 6.29. The summed E-state index contributed by atoms with van der Waals surface area (Å²) in [5, 5.41) is 3.81. The molecular formula is C30H35Cl2N3O4S. The van der Waals surface area contributed by atoms with Crippen molar-refractivity contribution in [1.82, 2.24) is 10.2 Å². The Morgan fingerprint density at radius 2 is 1.62 bits per heavy atom. The molecule has 40 heavy (non-hydrogen) atoms. The molecule has 0 saturated carbocycles. The Hall–Kier alpha value is -3.07. The fourth-order valence-electron chi connectivity index (χ4n) is 4.37. The molecule has 3 rings (SSSR count). The van der Waals surface area contributed by atoms with Gasteiger partial charge in [-0.15, -0.1) is 0 Å². The highest BCUT2D eigenvalue weighted by atomic mass is 35.5. The number of sulfonamides is 1. The molecule has 0 bridgehead atoms. The van der Waals surface area contributed by atoms with Gasteiger partial charge in [0.15, 0.2) is 0 Å². The van der Waals surface area contributed by atoms with Crippen molar-refractivity contribution in [3.05, 3.63) is 94.0 Å². The molecule has 3 aromatic rings. The lowest BCUT2D eigenvalue weighted by molar-refractivity contribution is -0.140. The standard InChI is InChI=1S/C30H35Cl2N3O4S/c1-4-6-18-33-30(37)27(5-2)34(20-23-12-10-11-15-26(23)32)29(36)21-35(28-17-16-24(31)19-22(28)3)40(38,39)25-13-8-7-9-14-25/h7-17,19,27H,4-6,18,20-21H2,1-3H3,(H,33,37)/t27-/m1/s1. The molecule has 0 saturated heterocycles. The Kier molecular flexibility index (Phi) is 11.4. The van der Waals surface area contributed by atoms with E-state index in [2.05, 4.69) is 5.32 Å². The van der Waals surface area contributed by atoms with Crippen molar-refractivity contribution in [2.75, 3.05) is 17.4 Å². The van der Waals surface area contributed by atoms with E-state index in [4.69, 9.17) is 23.2 Å². The van der Waals surface area contributed by atoms with E-state index in [0.717, 1.165) is 17.1 Å². The second-order valence-electron chi connectivity index (χ2n) is 9.44. The largest absolute Gasteiger partial charge is 0.354 e. The highest BCUT2D eigenvalue weighted by molar-refractivity contribution is 7.92. The lowest BCUT2D eigenvalue weighted by Gasteiger charge is -2.33. The third-order valence-electron chi connectivity index (χ3n) is 6.55. The number of benzene rings is 3. The topological polar surface area (TPSA) is 86.8 Å². The van der Waals surface area contributed by atoms with E-state index >= 15 is 0 Å². The van der Waals surface area contributed by atoms with E-state index in [1.807, 2.05) is 13.8 Å². The Morgan fingerprint density at radius 1 is 0.950 bits per heavy atom. The van der Waals surface area contributed by atoms with Crippen LogP contribution in [0.25, 0.3) is 0 Å². The summed E-state index contributed by atoms with van der Waals surface area (Å²) in [5.74, 6) is -0.831. The van der Waals surface area contributed by atoms with Crippen LogP contribution in [0.4, 0.5) is 5.69 Å². The van der Waals surface area contributed by atoms with Crippen LogP contribution in [0, 0.1) is 6.92 Å². The maximum atomic E-state index is 14.1. The zero-order valence-electron chi connectivity index (χ0n) is 22.9. The number of nitrogens with zero attached hydrogens (tertiary/aromatic N) is 2. The molecule has 0 spiro atoms. The van der Waals surface area contributed by atoms with Crippen molar-refractivity contribution in [3.63, 3.8) is 0 Å². The molecule has 1 atom stereocenters. The lowest BCUT2D eigenvalue weighted by Crippen LogP contribution is -2.52. The molecule has 0 aliphatic carbocycles. The zero-order valence-corrected chi connectivity index (χ0v) is 25.3. The Morgan fingerprint density at radius 3 is 2.25 bits per heavy atom. The SMILES string of the molecule is CCCCNC(=O)[C@@H](CC)N(Cc1ccccc1Cl)C(=O)CN(c1ccc(Cl)cc1C)S(=O)(=O)c1ccccc1. The molecular weight excluding hydrogens is 569 g/mol. The third-order valence-corrected chi connectivity index (χ3v) is 8.93. The van der Waals surface area contributed by atoms with Gasteiger partial charge in [0.05, 0.1) is 10.6 Å². The van der Waals surface area contributed by atoms with Crippen molar-refractivity contribution in [2.24, 2.45) is 0 Å². The molecule has 214 valence electrons. The minimum absolute atomic E-state index is 0.0387. The van der Waals surface area contributed by atoms with Gasteiger partial charge in [-0.3, -0.25) is 13.9 Å². The second-order valence-corrected chi connectivity index (χ2v) is 12.1. The van der Waals surface area contributed by atoms with E-state index in [1.165, 1.54) is 17.0 Å². The zero-order chi connectivity index (χ0) is 29.3. The second kappa shape index (κ2) is 14.5. The summed E-state index contributed by atoms with van der Waals surface area (Å²) < 4.78 is 28.9. The molecule has 0 aromatic heterocycles. The van der Waals surface area contributed by atoms with Gasteiger partial charge < -0.3 is 10.2 Å². The van der Waals surface area contributed by atoms with E-state index in [1.54, 1.807) is 67.6 Å². The molecule has 0 aliphatic rings. The molecule has 1 N–H and O–H groups in total. The number of unbranched alkanes of at least 4 members (excludes halogenated alkanes) is 1. The summed E-state index contributed by atoms with van der Waals surface area (Å²) in [4.78, 5) is 28.8. The molecule has 10 heteroatoms. The minimum atomic E-state index is -4.15. The van der Waals surface area contributed by atoms with Crippen LogP contribution in [0.3, 0.4) is 0 Å². The maximum Gasteiger partial charge on any atom is 0.264 e. The smallest absolute Gasteiger partial charge is 0.264 e. The molecule has 0 radical (unpaired) electrons. The fraction of sp³-hybridized carbons (Fsp3) is 0.333. The van der Waals surface area contributed by atoms with Crippen LogP contribution >= 0.6 is 23.2 Å². The van der Waals surface area contributed by atoms with Gasteiger partial charge in [0.2, 0.25) is 11.8 Å². The van der Waals surface area contributed by atoms with Gasteiger partial charge >= 0.3 is 0 Å². The summed E-state index contributed by atoms with van der Waals surface area (Å²) in [6, 6.07) is 19.0. The summed E-state index contributed by atoms with van der Waals surface area (Å²) in [6.45, 7) is 5.57. The van der Waals surface area contributed by atoms with Crippen LogP contribution in [0.15, 0.2) is 77.7 Å². The summed E-state index contributed by atoms with van der Waals surface area (Å²) in [5.41, 5.74) is 1.55. The predicted molar refractivity (Wildman–Crippen MR) is 161 cm³/mol. The molecule has 7 nitrogen and oxygen atoms in total. The highest BCUT2D eigenvalue weighted by Crippen LogP contribution is 2.30. The van der Waals surface area contributed by atoms with E-state index in [0.29, 0.717) is 39.8 Å². The number of nitrogens with one attached hydrogen (secondary N) is 1. The van der Waals surface area contributed by atoms with E-state index in [-0.39, 0.29) is 17.3 Å². The quantitative estimate of drug-likeness (QED) is 0.235. The monoisotopic (exact) mass is 603 g/mol. The average Bonchev–Trinajstić information content (AvgIpc) is 2.93. The molecule has 0 heterocycles. The van der Waals surface area contributed by atoms with Crippen LogP contribution in [0.1, 0.15) is 44.2 Å². The molecule has 0 unspecified atom stereocenters. The van der Waals surface area contributed by atoms with Crippen LogP contribution < -0.4 is 9.62 Å². The van der Waals surface area contributed by atoms with Crippen molar-refractivity contribution >= 4 is 50.7 Å². The van der Waals surface area contributed by atoms with Crippen LogP contribution in [-0.2, 0) is 26.2 Å². The van der Waals surface area contributed by atoms with Gasteiger partial charge in [-0.1, -0.05) is 79.9 Å². The average molecular weight is 605 g/mol. The molecule has 0 aliphatic heterocycles. The van der Waals surface area contributed by atoms with Crippen molar-refractivity contribution in [1.29, 1.82) is 0 Å². The van der Waals surface area contributed by atoms with Gasteiger partial charge in [0, 0.05) is 23.1 Å². The molecule has 3 aromatic carbocycles. The normalized spacial score (nSPS) is 12.0. The Bertz CT molecular complexity index is 1420. The first-order valence-corrected chi connectivity index (χ1v) is 15.4. The van der Waals surface area contributed by atoms with E-state index in [9.17, 15) is 18.0 Å². The van der Waals surface area contributed by atoms with E-state index < -0.39 is 28.5 Å². The maximum absolute atomic E-state index is 14.1. The highest BCUT2D eigenvalue weighted by Gasteiger charge is 2.34. The number of carbonyl (C=O) groups is 2. The minimum Gasteiger partial charge on any atom is -0.354 e. The first-order valence-electron chi connectivity index (χ1n) is 13.2. The molecule has 2 amide bonds. The third kappa shape index (κ3) is 7.77. The van der Waals surface area contributed by atoms with Crippen molar-refractivity contribution in [2.45, 2.75) is 57.5 Å². The number of rotatable bonds is 13. The number of aryl methyl sites for hydroxylation is 1. The van der Waals surface area contributed by atoms with Crippen molar-refractivity contribution < 1.29 is 18.0 Å². The Balaban J connectivity index is 2.07. The number of amides is 2. The number of halogens is 2. The molecule has 0 fully saturated rings. The first-order chi connectivity index (χ1) is 19.1. The number of anilines is 1. The van der Waals surface area contributed by atoms with Crippen LogP contribution in [0.5, 0.6) is 0 Å². The first kappa shape index (κ1) is 31.5. The van der Waals surface area contributed by atoms with Gasteiger partial charge in [0.25, 0.3) is 10.0 Å². The Labute approximate surface area is 247 Å². The number of hydrogen-bond donors (Lipinski definition) is 1. The van der Waals surface area contributed by atoms with Gasteiger partial charge in [-0.2, -0.15) is 0 Å². The summed E-state index contributed by atoms with van der Waals surface area (Å²) in [7, 11) is -4.15. The lowest BCUT2D eigenvalue weighted by atomic mass is 10.1. The van der Waals surface area contributed by atoms with Crippen LogP contribution in [-0.4, -0.2) is 44.3 Å². The van der Waals surface area contributed by atoms with Crippen LogP contribution in [0.2, 0.25) is 10.0 Å². The van der Waals surface area contributed by atoms with Gasteiger partial charge in [0.1, 0.15) is 12.6 Å². The van der Waals surface area contributed by atoms with Crippen molar-refractivity contribution in [3.8, 4) is 0 Å². The summed E-state index contributed by atoms with van der Waals surface area (Å²) in [6.07, 6.45) is 2.05. The number of carbonyl (C=O) groups excluding carboxylic acids is 2. The van der Waals surface area contributed by atoms with Gasteiger partial charge in [-0.25, -0.2) is 8.42 Å². The summed E-state index contributed by atoms with van der Waals surface area (Å²) >= 11 is 12.6. The van der Waals surface area contributed by atoms with Gasteiger partial charge in [-0.05, 0) is 67.3 Å². The number of hydrogen-bond acceptors (Lipinski definition) is 4.